The molecule has 1 aromatic carbocycles. The average molecular weight is 330 g/mol. The summed E-state index contributed by atoms with van der Waals surface area (Å²) in [6.45, 7) is 0. The van der Waals surface area contributed by atoms with Gasteiger partial charge >= 0.3 is 0 Å². The van der Waals surface area contributed by atoms with E-state index >= 15 is 0 Å². The second-order valence-corrected chi connectivity index (χ2v) is 4.19. The molecule has 2 aromatic rings. The van der Waals surface area contributed by atoms with Crippen molar-refractivity contribution in [2.75, 3.05) is 7.11 Å². The van der Waals surface area contributed by atoms with Gasteiger partial charge in [0, 0.05) is 9.13 Å². The van der Waals surface area contributed by atoms with Gasteiger partial charge in [0.1, 0.15) is 0 Å². The molecule has 0 fully saturated rings. The Balaban J connectivity index is 2.53. The normalized spacial score (nSPS) is 10.2. The van der Waals surface area contributed by atoms with Crippen LogP contribution in [0.15, 0.2) is 30.5 Å². The van der Waals surface area contributed by atoms with Gasteiger partial charge in [-0.15, -0.1) is 0 Å². The van der Waals surface area contributed by atoms with Gasteiger partial charge in [-0.2, -0.15) is 9.37 Å². The summed E-state index contributed by atoms with van der Waals surface area (Å²) in [4.78, 5) is 7.96. The van der Waals surface area contributed by atoms with Gasteiger partial charge in [-0.1, -0.05) is 18.2 Å². The van der Waals surface area contributed by atoms with E-state index in [1.165, 1.54) is 7.11 Å². The average Bonchev–Trinajstić information content (AvgIpc) is 2.31. The van der Waals surface area contributed by atoms with Gasteiger partial charge in [0.05, 0.1) is 13.3 Å². The Bertz CT molecular complexity index is 519. The van der Waals surface area contributed by atoms with Crippen molar-refractivity contribution in [3.05, 3.63) is 39.8 Å². The zero-order valence-corrected chi connectivity index (χ0v) is 10.6. The SMILES string of the molecule is COc1nc(-c2ccccc2I)ncc1F. The van der Waals surface area contributed by atoms with Crippen molar-refractivity contribution in [3.63, 3.8) is 0 Å². The van der Waals surface area contributed by atoms with E-state index in [9.17, 15) is 4.39 Å². The van der Waals surface area contributed by atoms with Crippen molar-refractivity contribution in [1.29, 1.82) is 0 Å². The summed E-state index contributed by atoms with van der Waals surface area (Å²) >= 11 is 2.18. The fourth-order valence-corrected chi connectivity index (χ4v) is 1.90. The first-order valence-electron chi connectivity index (χ1n) is 4.54. The molecule has 0 aliphatic rings. The number of rotatable bonds is 2. The van der Waals surface area contributed by atoms with Crippen LogP contribution >= 0.6 is 22.6 Å². The Labute approximate surface area is 106 Å². The van der Waals surface area contributed by atoms with E-state index in [4.69, 9.17) is 4.74 Å². The summed E-state index contributed by atoms with van der Waals surface area (Å²) in [5, 5.41) is 0. The smallest absolute Gasteiger partial charge is 0.253 e. The third-order valence-electron chi connectivity index (χ3n) is 2.02. The fraction of sp³-hybridized carbons (Fsp3) is 0.0909. The van der Waals surface area contributed by atoms with Crippen LogP contribution in [0.2, 0.25) is 0 Å². The maximum absolute atomic E-state index is 13.1. The first-order chi connectivity index (χ1) is 7.72. The summed E-state index contributed by atoms with van der Waals surface area (Å²) in [5.41, 5.74) is 0.862. The predicted molar refractivity (Wildman–Crippen MR) is 66.7 cm³/mol. The number of methoxy groups -OCH3 is 1. The van der Waals surface area contributed by atoms with Crippen LogP contribution in [0.4, 0.5) is 4.39 Å². The minimum Gasteiger partial charge on any atom is -0.479 e. The summed E-state index contributed by atoms with van der Waals surface area (Å²) in [6, 6.07) is 7.63. The molecular formula is C11H8FIN2O. The Hall–Kier alpha value is -1.24. The highest BCUT2D eigenvalue weighted by atomic mass is 127. The van der Waals surface area contributed by atoms with Gasteiger partial charge < -0.3 is 4.74 Å². The summed E-state index contributed by atoms with van der Waals surface area (Å²) in [5.74, 6) is -0.134. The quantitative estimate of drug-likeness (QED) is 0.795. The van der Waals surface area contributed by atoms with Gasteiger partial charge in [-0.05, 0) is 28.7 Å². The number of aromatic nitrogens is 2. The van der Waals surface area contributed by atoms with Crippen LogP contribution in [0.1, 0.15) is 0 Å². The molecular weight excluding hydrogens is 322 g/mol. The predicted octanol–water partition coefficient (Wildman–Crippen LogP) is 2.90. The van der Waals surface area contributed by atoms with Crippen molar-refractivity contribution >= 4 is 22.6 Å². The van der Waals surface area contributed by atoms with E-state index in [2.05, 4.69) is 32.6 Å². The monoisotopic (exact) mass is 330 g/mol. The number of ether oxygens (including phenoxy) is 1. The van der Waals surface area contributed by atoms with Crippen molar-refractivity contribution in [3.8, 4) is 17.3 Å². The molecule has 0 aliphatic heterocycles. The van der Waals surface area contributed by atoms with Crippen LogP contribution in [0.5, 0.6) is 5.88 Å². The minimum absolute atomic E-state index is 0.0374. The molecule has 0 atom stereocenters. The number of benzene rings is 1. The Morgan fingerprint density at radius 3 is 2.75 bits per heavy atom. The van der Waals surface area contributed by atoms with Crippen LogP contribution < -0.4 is 4.74 Å². The standard InChI is InChI=1S/C11H8FIN2O/c1-16-11-8(12)6-14-10(15-11)7-4-2-3-5-9(7)13/h2-6H,1H3. The molecule has 0 spiro atoms. The number of hydrogen-bond acceptors (Lipinski definition) is 3. The Morgan fingerprint density at radius 1 is 1.31 bits per heavy atom. The number of nitrogens with zero attached hydrogens (tertiary/aromatic N) is 2. The summed E-state index contributed by atoms with van der Waals surface area (Å²) in [7, 11) is 1.38. The lowest BCUT2D eigenvalue weighted by Gasteiger charge is -2.05. The van der Waals surface area contributed by atoms with Gasteiger partial charge in [-0.3, -0.25) is 0 Å². The number of hydrogen-bond donors (Lipinski definition) is 0. The molecule has 3 nitrogen and oxygen atoms in total. The fourth-order valence-electron chi connectivity index (χ4n) is 1.27. The molecule has 0 aliphatic carbocycles. The van der Waals surface area contributed by atoms with Crippen LogP contribution in [0.25, 0.3) is 11.4 Å². The number of halogens is 2. The maximum Gasteiger partial charge on any atom is 0.253 e. The molecule has 2 rings (SSSR count). The summed E-state index contributed by atoms with van der Waals surface area (Å²) in [6.07, 6.45) is 1.12. The van der Waals surface area contributed by atoms with Gasteiger partial charge in [0.15, 0.2) is 5.82 Å². The molecule has 0 saturated carbocycles. The molecule has 0 unspecified atom stereocenters. The largest absolute Gasteiger partial charge is 0.479 e. The zero-order chi connectivity index (χ0) is 11.5. The van der Waals surface area contributed by atoms with E-state index in [1.54, 1.807) is 0 Å². The molecule has 1 heterocycles. The van der Waals surface area contributed by atoms with E-state index in [-0.39, 0.29) is 5.88 Å². The van der Waals surface area contributed by atoms with Crippen LogP contribution in [-0.2, 0) is 0 Å². The molecule has 0 radical (unpaired) electrons. The molecule has 5 heteroatoms. The third kappa shape index (κ3) is 2.13. The minimum atomic E-state index is -0.558. The molecule has 1 aromatic heterocycles. The van der Waals surface area contributed by atoms with Gasteiger partial charge in [0.25, 0.3) is 5.88 Å². The molecule has 0 amide bonds. The summed E-state index contributed by atoms with van der Waals surface area (Å²) < 4.78 is 19.0. The highest BCUT2D eigenvalue weighted by Crippen LogP contribution is 2.23. The molecule has 82 valence electrons. The topological polar surface area (TPSA) is 35.0 Å². The molecule has 0 N–H and O–H groups in total. The zero-order valence-electron chi connectivity index (χ0n) is 8.45. The lowest BCUT2D eigenvalue weighted by atomic mass is 10.2. The van der Waals surface area contributed by atoms with Crippen molar-refractivity contribution in [1.82, 2.24) is 9.97 Å². The van der Waals surface area contributed by atoms with Crippen LogP contribution in [0.3, 0.4) is 0 Å². The van der Waals surface area contributed by atoms with Gasteiger partial charge in [-0.25, -0.2) is 4.98 Å². The van der Waals surface area contributed by atoms with E-state index in [0.29, 0.717) is 5.82 Å². The van der Waals surface area contributed by atoms with E-state index < -0.39 is 5.82 Å². The molecule has 0 bridgehead atoms. The first-order valence-corrected chi connectivity index (χ1v) is 5.61. The first kappa shape index (κ1) is 11.3. The van der Waals surface area contributed by atoms with Crippen LogP contribution in [-0.4, -0.2) is 17.1 Å². The second-order valence-electron chi connectivity index (χ2n) is 3.03. The molecule has 16 heavy (non-hydrogen) atoms. The highest BCUT2D eigenvalue weighted by molar-refractivity contribution is 14.1. The lowest BCUT2D eigenvalue weighted by Crippen LogP contribution is -1.97. The molecule has 0 saturated heterocycles. The van der Waals surface area contributed by atoms with Gasteiger partial charge in [0.2, 0.25) is 5.82 Å². The van der Waals surface area contributed by atoms with E-state index in [0.717, 1.165) is 15.3 Å². The van der Waals surface area contributed by atoms with E-state index in [1.807, 2.05) is 24.3 Å². The third-order valence-corrected chi connectivity index (χ3v) is 2.96. The second kappa shape index (κ2) is 4.73. The van der Waals surface area contributed by atoms with Crippen LogP contribution in [0, 0.1) is 9.39 Å². The van der Waals surface area contributed by atoms with Crippen molar-refractivity contribution < 1.29 is 9.13 Å². The Kier molecular flexibility index (Phi) is 3.33. The van der Waals surface area contributed by atoms with Crippen molar-refractivity contribution in [2.45, 2.75) is 0 Å². The van der Waals surface area contributed by atoms with Crippen molar-refractivity contribution in [2.24, 2.45) is 0 Å². The maximum atomic E-state index is 13.1. The highest BCUT2D eigenvalue weighted by Gasteiger charge is 2.10. The lowest BCUT2D eigenvalue weighted by molar-refractivity contribution is 0.367. The Morgan fingerprint density at radius 2 is 2.06 bits per heavy atom.